The summed E-state index contributed by atoms with van der Waals surface area (Å²) in [7, 11) is 0. The molecule has 0 aliphatic heterocycles. The molecule has 0 fully saturated rings. The van der Waals surface area contributed by atoms with Crippen LogP contribution >= 0.6 is 0 Å². The van der Waals surface area contributed by atoms with Crippen LogP contribution in [-0.4, -0.2) is 15.6 Å². The first-order chi connectivity index (χ1) is 12.6. The normalized spacial score (nSPS) is 13.3. The summed E-state index contributed by atoms with van der Waals surface area (Å²) >= 11 is 0. The fourth-order valence-electron chi connectivity index (χ4n) is 3.13. The highest BCUT2D eigenvalue weighted by Gasteiger charge is 2.32. The first kappa shape index (κ1) is 15.6. The fraction of sp³-hybridized carbons (Fsp3) is 0. The molecular weight excluding hydrogens is 334 g/mol. The Balaban J connectivity index is 2.04. The lowest BCUT2D eigenvalue weighted by atomic mass is 10.0. The zero-order valence-corrected chi connectivity index (χ0v) is 13.3. The molecule has 3 aromatic carbocycles. The van der Waals surface area contributed by atoms with Crippen LogP contribution in [0.25, 0.3) is 11.1 Å². The number of para-hydroxylation sites is 1. The van der Waals surface area contributed by atoms with Crippen molar-refractivity contribution in [1.82, 2.24) is 0 Å². The number of nitro groups is 2. The molecule has 0 saturated carbocycles. The number of nitro benzene ring substituents is 2. The van der Waals surface area contributed by atoms with Gasteiger partial charge in [-0.15, -0.1) is 0 Å². The largest absolute Gasteiger partial charge is 0.277 e. The predicted molar refractivity (Wildman–Crippen MR) is 96.9 cm³/mol. The number of nitrogens with zero attached hydrogens (tertiary/aromatic N) is 3. The van der Waals surface area contributed by atoms with Crippen LogP contribution in [0.2, 0.25) is 0 Å². The van der Waals surface area contributed by atoms with Crippen molar-refractivity contribution in [2.45, 2.75) is 0 Å². The molecule has 3 aromatic rings. The molecular formula is C19H11N3O4. The highest BCUT2D eigenvalue weighted by atomic mass is 16.6. The second-order valence-corrected chi connectivity index (χ2v) is 5.74. The van der Waals surface area contributed by atoms with Crippen LogP contribution < -0.4 is 0 Å². The van der Waals surface area contributed by atoms with Crippen molar-refractivity contribution >= 4 is 22.8 Å². The van der Waals surface area contributed by atoms with E-state index in [0.717, 1.165) is 0 Å². The van der Waals surface area contributed by atoms with Crippen molar-refractivity contribution in [3.05, 3.63) is 98.1 Å². The SMILES string of the molecule is O=[N+]([O-])c1ccc2c(c1)/C(=N/c1ccccc1)c1cccc([N+](=O)[O-])c1-2. The Morgan fingerprint density at radius 1 is 0.731 bits per heavy atom. The number of rotatable bonds is 3. The third-order valence-corrected chi connectivity index (χ3v) is 4.23. The summed E-state index contributed by atoms with van der Waals surface area (Å²) in [6, 6.07) is 18.2. The molecule has 4 rings (SSSR count). The van der Waals surface area contributed by atoms with Gasteiger partial charge in [0, 0.05) is 29.3 Å². The molecule has 7 nitrogen and oxygen atoms in total. The van der Waals surface area contributed by atoms with Crippen LogP contribution in [0.4, 0.5) is 17.1 Å². The summed E-state index contributed by atoms with van der Waals surface area (Å²) in [5.41, 5.74) is 3.17. The molecule has 0 unspecified atom stereocenters. The third-order valence-electron chi connectivity index (χ3n) is 4.23. The molecule has 0 saturated heterocycles. The number of hydrogen-bond acceptors (Lipinski definition) is 5. The van der Waals surface area contributed by atoms with Crippen molar-refractivity contribution < 1.29 is 9.85 Å². The molecule has 126 valence electrons. The van der Waals surface area contributed by atoms with Gasteiger partial charge in [-0.25, -0.2) is 4.99 Å². The molecule has 7 heteroatoms. The average Bonchev–Trinajstić information content (AvgIpc) is 2.96. The maximum absolute atomic E-state index is 11.5. The van der Waals surface area contributed by atoms with Gasteiger partial charge in [-0.1, -0.05) is 30.3 Å². The number of hydrogen-bond donors (Lipinski definition) is 0. The Morgan fingerprint density at radius 3 is 2.19 bits per heavy atom. The number of benzene rings is 3. The summed E-state index contributed by atoms with van der Waals surface area (Å²) in [4.78, 5) is 26.3. The second-order valence-electron chi connectivity index (χ2n) is 5.74. The molecule has 0 spiro atoms. The van der Waals surface area contributed by atoms with Crippen LogP contribution in [0.5, 0.6) is 0 Å². The van der Waals surface area contributed by atoms with Gasteiger partial charge in [0.2, 0.25) is 0 Å². The first-order valence-electron chi connectivity index (χ1n) is 7.77. The predicted octanol–water partition coefficient (Wildman–Crippen LogP) is 4.65. The van der Waals surface area contributed by atoms with E-state index in [4.69, 9.17) is 0 Å². The van der Waals surface area contributed by atoms with Crippen molar-refractivity contribution in [2.24, 2.45) is 4.99 Å². The van der Waals surface area contributed by atoms with E-state index >= 15 is 0 Å². The Bertz CT molecular complexity index is 1090. The van der Waals surface area contributed by atoms with Crippen LogP contribution in [0.15, 0.2) is 71.7 Å². The lowest BCUT2D eigenvalue weighted by molar-refractivity contribution is -0.385. The monoisotopic (exact) mass is 345 g/mol. The van der Waals surface area contributed by atoms with Gasteiger partial charge in [-0.2, -0.15) is 0 Å². The Kier molecular flexibility index (Phi) is 3.54. The van der Waals surface area contributed by atoms with E-state index in [-0.39, 0.29) is 11.4 Å². The molecule has 0 bridgehead atoms. The Morgan fingerprint density at radius 2 is 1.50 bits per heavy atom. The van der Waals surface area contributed by atoms with E-state index in [0.29, 0.717) is 33.7 Å². The standard InChI is InChI=1S/C19H11N3O4/c23-21(24)13-9-10-14-16(11-13)19(20-12-5-2-1-3-6-12)15-7-4-8-17(18(14)15)22(25)26/h1-11H/b20-19+. The van der Waals surface area contributed by atoms with Gasteiger partial charge in [0.25, 0.3) is 11.4 Å². The molecule has 0 atom stereocenters. The average molecular weight is 345 g/mol. The lowest BCUT2D eigenvalue weighted by Crippen LogP contribution is -1.99. The van der Waals surface area contributed by atoms with Gasteiger partial charge in [0.1, 0.15) is 0 Å². The smallest absolute Gasteiger partial charge is 0.258 e. The molecule has 26 heavy (non-hydrogen) atoms. The van der Waals surface area contributed by atoms with Crippen LogP contribution in [0, 0.1) is 20.2 Å². The van der Waals surface area contributed by atoms with Gasteiger partial charge < -0.3 is 0 Å². The van der Waals surface area contributed by atoms with E-state index in [1.807, 2.05) is 18.2 Å². The molecule has 0 N–H and O–H groups in total. The minimum absolute atomic E-state index is 0.0455. The minimum Gasteiger partial charge on any atom is -0.258 e. The van der Waals surface area contributed by atoms with E-state index in [9.17, 15) is 20.2 Å². The van der Waals surface area contributed by atoms with Crippen molar-refractivity contribution in [2.75, 3.05) is 0 Å². The van der Waals surface area contributed by atoms with Gasteiger partial charge in [0.05, 0.1) is 26.8 Å². The van der Waals surface area contributed by atoms with Crippen LogP contribution in [0.3, 0.4) is 0 Å². The summed E-state index contributed by atoms with van der Waals surface area (Å²) in [6.45, 7) is 0. The third kappa shape index (κ3) is 2.42. The molecule has 0 amide bonds. The van der Waals surface area contributed by atoms with E-state index in [1.54, 1.807) is 30.3 Å². The summed E-state index contributed by atoms with van der Waals surface area (Å²) in [5.74, 6) is 0. The Labute approximate surface area is 147 Å². The molecule has 0 heterocycles. The first-order valence-corrected chi connectivity index (χ1v) is 7.77. The van der Waals surface area contributed by atoms with Crippen molar-refractivity contribution in [3.8, 4) is 11.1 Å². The fourth-order valence-corrected chi connectivity index (χ4v) is 3.13. The lowest BCUT2D eigenvalue weighted by Gasteiger charge is -2.02. The molecule has 1 aliphatic carbocycles. The zero-order valence-electron chi connectivity index (χ0n) is 13.3. The van der Waals surface area contributed by atoms with Crippen LogP contribution in [0.1, 0.15) is 11.1 Å². The summed E-state index contributed by atoms with van der Waals surface area (Å²) in [6.07, 6.45) is 0. The second kappa shape index (κ2) is 5.89. The minimum atomic E-state index is -0.488. The van der Waals surface area contributed by atoms with Crippen molar-refractivity contribution in [3.63, 3.8) is 0 Å². The van der Waals surface area contributed by atoms with E-state index in [2.05, 4.69) is 4.99 Å². The highest BCUT2D eigenvalue weighted by Crippen LogP contribution is 2.44. The van der Waals surface area contributed by atoms with Gasteiger partial charge >= 0.3 is 0 Å². The zero-order chi connectivity index (χ0) is 18.3. The number of non-ortho nitro benzene ring substituents is 1. The topological polar surface area (TPSA) is 98.6 Å². The highest BCUT2D eigenvalue weighted by molar-refractivity contribution is 6.26. The van der Waals surface area contributed by atoms with Gasteiger partial charge in [0.15, 0.2) is 0 Å². The number of fused-ring (bicyclic) bond motifs is 3. The maximum Gasteiger partial charge on any atom is 0.277 e. The quantitative estimate of drug-likeness (QED) is 0.398. The van der Waals surface area contributed by atoms with E-state index in [1.165, 1.54) is 18.2 Å². The number of aliphatic imine (C=N–C) groups is 1. The van der Waals surface area contributed by atoms with Gasteiger partial charge in [-0.3, -0.25) is 20.2 Å². The molecule has 1 aliphatic rings. The molecule has 0 radical (unpaired) electrons. The van der Waals surface area contributed by atoms with Gasteiger partial charge in [-0.05, 0) is 23.8 Å². The van der Waals surface area contributed by atoms with Crippen LogP contribution in [-0.2, 0) is 0 Å². The summed E-state index contributed by atoms with van der Waals surface area (Å²) < 4.78 is 0. The van der Waals surface area contributed by atoms with Crippen molar-refractivity contribution in [1.29, 1.82) is 0 Å². The Hall–Kier alpha value is -3.87. The molecule has 0 aromatic heterocycles. The summed E-state index contributed by atoms with van der Waals surface area (Å²) in [5, 5.41) is 22.6. The van der Waals surface area contributed by atoms with E-state index < -0.39 is 9.85 Å². The maximum atomic E-state index is 11.5.